The van der Waals surface area contributed by atoms with Crippen LogP contribution in [0.15, 0.2) is 0 Å². The minimum absolute atomic E-state index is 0.0229. The third-order valence-corrected chi connectivity index (χ3v) is 8.06. The van der Waals surface area contributed by atoms with Crippen molar-refractivity contribution in [3.63, 3.8) is 0 Å². The molecule has 3 rings (SSSR count). The number of carbonyl (C=O) groups is 1. The first-order valence-corrected chi connectivity index (χ1v) is 10.6. The number of hydrogen-bond acceptors (Lipinski definition) is 5. The summed E-state index contributed by atoms with van der Waals surface area (Å²) in [6, 6.07) is -0.0229. The van der Waals surface area contributed by atoms with Gasteiger partial charge in [-0.15, -0.1) is 11.3 Å². The van der Waals surface area contributed by atoms with Crippen molar-refractivity contribution < 1.29 is 19.4 Å². The van der Waals surface area contributed by atoms with Crippen LogP contribution in [-0.4, -0.2) is 40.9 Å². The van der Waals surface area contributed by atoms with Crippen molar-refractivity contribution in [2.24, 2.45) is 0 Å². The van der Waals surface area contributed by atoms with E-state index in [-0.39, 0.29) is 18.7 Å². The van der Waals surface area contributed by atoms with Crippen LogP contribution in [0.1, 0.15) is 57.1 Å². The van der Waals surface area contributed by atoms with E-state index < -0.39 is 17.3 Å². The predicted molar refractivity (Wildman–Crippen MR) is 106 cm³/mol. The number of likely N-dealkylation sites (tertiary alicyclic amines) is 1. The first-order valence-electron chi connectivity index (χ1n) is 8.34. The van der Waals surface area contributed by atoms with E-state index in [9.17, 15) is 9.90 Å². The molecule has 1 spiro atoms. The normalized spacial score (nSPS) is 29.6. The molecule has 140 valence electrons. The first-order chi connectivity index (χ1) is 11.5. The lowest BCUT2D eigenvalue weighted by Gasteiger charge is -2.47. The van der Waals surface area contributed by atoms with Crippen LogP contribution in [0.3, 0.4) is 0 Å². The van der Waals surface area contributed by atoms with Gasteiger partial charge in [0.05, 0.1) is 6.61 Å². The number of hydrogen-bond donors (Lipinski definition) is 1. The van der Waals surface area contributed by atoms with Crippen molar-refractivity contribution in [2.45, 2.75) is 63.9 Å². The summed E-state index contributed by atoms with van der Waals surface area (Å²) >= 11 is 10.0. The summed E-state index contributed by atoms with van der Waals surface area (Å²) < 4.78 is 13.3. The van der Waals surface area contributed by atoms with Crippen LogP contribution < -0.4 is 0 Å². The predicted octanol–water partition coefficient (Wildman–Crippen LogP) is 4.68. The summed E-state index contributed by atoms with van der Waals surface area (Å²) in [6.45, 7) is 8.43. The molecule has 1 N–H and O–H groups in total. The molecule has 2 aliphatic rings. The highest BCUT2D eigenvalue weighted by Gasteiger charge is 2.49. The van der Waals surface area contributed by atoms with Gasteiger partial charge in [0.2, 0.25) is 0 Å². The number of halogens is 2. The summed E-state index contributed by atoms with van der Waals surface area (Å²) in [5, 5.41) is 10.3. The Hall–Kier alpha value is -0.0900. The molecule has 1 amide bonds. The Bertz CT molecular complexity index is 689. The lowest BCUT2D eigenvalue weighted by atomic mass is 9.82. The summed E-state index contributed by atoms with van der Waals surface area (Å²) in [7, 11) is 0. The molecule has 1 aromatic rings. The third kappa shape index (κ3) is 3.67. The zero-order valence-corrected chi connectivity index (χ0v) is 18.5. The Morgan fingerprint density at radius 3 is 2.80 bits per heavy atom. The molecule has 1 fully saturated rings. The molecule has 8 heteroatoms. The molecular formula is C17H23ClINO4S. The van der Waals surface area contributed by atoms with Gasteiger partial charge in [0.1, 0.15) is 21.6 Å². The number of thiophene rings is 1. The number of aliphatic hydroxyl groups is 1. The van der Waals surface area contributed by atoms with Gasteiger partial charge in [-0.05, 0) is 56.7 Å². The summed E-state index contributed by atoms with van der Waals surface area (Å²) in [5.41, 5.74) is -0.0913. The van der Waals surface area contributed by atoms with Crippen LogP contribution in [0.5, 0.6) is 0 Å². The molecule has 1 saturated heterocycles. The number of carbonyl (C=O) groups excluding carboxylic acids is 1. The highest BCUT2D eigenvalue weighted by Crippen LogP contribution is 2.52. The van der Waals surface area contributed by atoms with E-state index in [2.05, 4.69) is 22.6 Å². The number of nitrogens with zero attached hydrogens (tertiary/aromatic N) is 1. The van der Waals surface area contributed by atoms with Crippen molar-refractivity contribution in [2.75, 3.05) is 13.2 Å². The van der Waals surface area contributed by atoms with E-state index in [1.165, 1.54) is 11.3 Å². The Labute approximate surface area is 170 Å². The third-order valence-electron chi connectivity index (χ3n) is 4.65. The average molecular weight is 500 g/mol. The maximum Gasteiger partial charge on any atom is 0.410 e. The van der Waals surface area contributed by atoms with Crippen LogP contribution in [0, 0.1) is 3.57 Å². The largest absolute Gasteiger partial charge is 0.444 e. The summed E-state index contributed by atoms with van der Waals surface area (Å²) in [6.07, 6.45) is 0.405. The standard InChI is InChI=1S/C17H23ClINO4S/c1-9-7-17(5-6-20(9)15(22)24-16(2,3)4)13-11(10(21)8-23-17)12(19)14(18)25-13/h9-10,21H,5-8H2,1-4H3/t9-,10?,17?/m0/s1. The topological polar surface area (TPSA) is 59.0 Å². The summed E-state index contributed by atoms with van der Waals surface area (Å²) in [5.74, 6) is 0. The molecule has 2 unspecified atom stereocenters. The van der Waals surface area contributed by atoms with E-state index in [1.54, 1.807) is 4.90 Å². The minimum Gasteiger partial charge on any atom is -0.444 e. The van der Waals surface area contributed by atoms with Gasteiger partial charge in [0.15, 0.2) is 0 Å². The van der Waals surface area contributed by atoms with Gasteiger partial charge in [-0.25, -0.2) is 4.79 Å². The van der Waals surface area contributed by atoms with Crippen LogP contribution >= 0.6 is 45.5 Å². The maximum atomic E-state index is 12.5. The lowest BCUT2D eigenvalue weighted by Crippen LogP contribution is -2.53. The van der Waals surface area contributed by atoms with Crippen molar-refractivity contribution in [1.29, 1.82) is 0 Å². The molecule has 5 nitrogen and oxygen atoms in total. The summed E-state index contributed by atoms with van der Waals surface area (Å²) in [4.78, 5) is 15.2. The van der Waals surface area contributed by atoms with Crippen molar-refractivity contribution in [3.8, 4) is 0 Å². The second-order valence-electron chi connectivity index (χ2n) is 7.73. The maximum absolute atomic E-state index is 12.5. The lowest BCUT2D eigenvalue weighted by molar-refractivity contribution is -0.137. The van der Waals surface area contributed by atoms with Gasteiger partial charge in [0.25, 0.3) is 0 Å². The smallest absolute Gasteiger partial charge is 0.410 e. The molecular weight excluding hydrogens is 477 g/mol. The molecule has 0 saturated carbocycles. The van der Waals surface area contributed by atoms with Gasteiger partial charge < -0.3 is 19.5 Å². The van der Waals surface area contributed by atoms with E-state index in [0.717, 1.165) is 14.0 Å². The van der Waals surface area contributed by atoms with Crippen LogP contribution in [0.25, 0.3) is 0 Å². The molecule has 0 radical (unpaired) electrons. The van der Waals surface area contributed by atoms with Crippen molar-refractivity contribution >= 4 is 51.6 Å². The van der Waals surface area contributed by atoms with Gasteiger partial charge >= 0.3 is 6.09 Å². The number of fused-ring (bicyclic) bond motifs is 2. The van der Waals surface area contributed by atoms with Crippen LogP contribution in [-0.2, 0) is 15.1 Å². The van der Waals surface area contributed by atoms with E-state index in [0.29, 0.717) is 23.7 Å². The number of aliphatic hydroxyl groups excluding tert-OH is 1. The molecule has 25 heavy (non-hydrogen) atoms. The first kappa shape index (κ1) is 19.7. The van der Waals surface area contributed by atoms with Gasteiger partial charge in [-0.3, -0.25) is 0 Å². The number of rotatable bonds is 0. The highest BCUT2D eigenvalue weighted by atomic mass is 127. The SMILES string of the molecule is C[C@H]1CC2(CCN1C(=O)OC(C)(C)C)OCC(O)c1c2sc(Cl)c1I. The zero-order chi connectivity index (χ0) is 18.6. The average Bonchev–Trinajstić information content (AvgIpc) is 2.79. The molecule has 3 heterocycles. The van der Waals surface area contributed by atoms with Gasteiger partial charge in [-0.2, -0.15) is 0 Å². The molecule has 0 bridgehead atoms. The van der Waals surface area contributed by atoms with Crippen molar-refractivity contribution in [3.05, 3.63) is 18.3 Å². The van der Waals surface area contributed by atoms with Gasteiger partial charge in [0, 0.05) is 33.0 Å². The Kier molecular flexibility index (Phi) is 5.36. The molecule has 3 atom stereocenters. The van der Waals surface area contributed by atoms with Crippen LogP contribution in [0.4, 0.5) is 4.79 Å². The highest BCUT2D eigenvalue weighted by molar-refractivity contribution is 14.1. The number of amides is 1. The van der Waals surface area contributed by atoms with E-state index in [4.69, 9.17) is 21.1 Å². The Morgan fingerprint density at radius 1 is 1.52 bits per heavy atom. The quantitative estimate of drug-likeness (QED) is 0.527. The fourth-order valence-corrected chi connectivity index (χ4v) is 6.19. The number of piperidine rings is 1. The Morgan fingerprint density at radius 2 is 2.20 bits per heavy atom. The Balaban J connectivity index is 1.85. The molecule has 0 aromatic carbocycles. The van der Waals surface area contributed by atoms with E-state index >= 15 is 0 Å². The minimum atomic E-state index is -0.643. The second kappa shape index (κ2) is 6.82. The fraction of sp³-hybridized carbons (Fsp3) is 0.706. The monoisotopic (exact) mass is 499 g/mol. The van der Waals surface area contributed by atoms with E-state index in [1.807, 2.05) is 27.7 Å². The molecule has 2 aliphatic heterocycles. The second-order valence-corrected chi connectivity index (χ2v) is 10.4. The zero-order valence-electron chi connectivity index (χ0n) is 14.8. The molecule has 1 aromatic heterocycles. The van der Waals surface area contributed by atoms with Crippen molar-refractivity contribution in [1.82, 2.24) is 4.90 Å². The van der Waals surface area contributed by atoms with Crippen LogP contribution in [0.2, 0.25) is 4.34 Å². The van der Waals surface area contributed by atoms with Gasteiger partial charge in [-0.1, -0.05) is 11.6 Å². The fourth-order valence-electron chi connectivity index (χ4n) is 3.56. The number of ether oxygens (including phenoxy) is 2. The molecule has 0 aliphatic carbocycles.